The molecule has 4 nitrogen and oxygen atoms in total. The van der Waals surface area contributed by atoms with Crippen molar-refractivity contribution in [2.24, 2.45) is 5.73 Å². The van der Waals surface area contributed by atoms with Gasteiger partial charge in [-0.05, 0) is 12.1 Å². The molecule has 0 saturated heterocycles. The molecule has 0 bridgehead atoms. The molecule has 0 atom stereocenters. The second kappa shape index (κ2) is 4.49. The quantitative estimate of drug-likeness (QED) is 0.821. The number of para-hydroxylation sites is 2. The van der Waals surface area contributed by atoms with Crippen molar-refractivity contribution in [2.45, 2.75) is 6.42 Å². The number of oxazole rings is 1. The topological polar surface area (TPSA) is 55.3 Å². The number of aromatic nitrogens is 1. The van der Waals surface area contributed by atoms with E-state index in [4.69, 9.17) is 22.4 Å². The second-order valence-electron chi connectivity index (χ2n) is 3.60. The number of nitrogens with two attached hydrogens (primary N) is 1. The number of nitrogens with zero attached hydrogens (tertiary/aromatic N) is 2. The molecule has 1 aromatic heterocycles. The fraction of sp³-hybridized carbons (Fsp3) is 0.273. The van der Waals surface area contributed by atoms with Crippen molar-refractivity contribution in [3.05, 3.63) is 24.3 Å². The fourth-order valence-corrected chi connectivity index (χ4v) is 1.49. The summed E-state index contributed by atoms with van der Waals surface area (Å²) >= 11 is 4.83. The summed E-state index contributed by atoms with van der Waals surface area (Å²) in [5.74, 6) is 0. The van der Waals surface area contributed by atoms with Gasteiger partial charge in [-0.25, -0.2) is 0 Å². The molecule has 2 aromatic rings. The lowest BCUT2D eigenvalue weighted by atomic mass is 10.3. The summed E-state index contributed by atoms with van der Waals surface area (Å²) in [5, 5.41) is 0. The van der Waals surface area contributed by atoms with Gasteiger partial charge >= 0.3 is 0 Å². The van der Waals surface area contributed by atoms with E-state index in [9.17, 15) is 0 Å². The molecule has 0 unspecified atom stereocenters. The molecule has 0 aliphatic rings. The number of hydrogen-bond acceptors (Lipinski definition) is 4. The maximum atomic E-state index is 5.59. The first-order valence-corrected chi connectivity index (χ1v) is 5.42. The van der Waals surface area contributed by atoms with Gasteiger partial charge in [0.15, 0.2) is 5.58 Å². The number of fused-ring (bicyclic) bond motifs is 1. The first kappa shape index (κ1) is 10.9. The molecule has 5 heteroatoms. The van der Waals surface area contributed by atoms with Gasteiger partial charge in [-0.2, -0.15) is 4.98 Å². The van der Waals surface area contributed by atoms with Crippen LogP contribution in [0.15, 0.2) is 28.7 Å². The summed E-state index contributed by atoms with van der Waals surface area (Å²) in [6.07, 6.45) is 0.657. The van der Waals surface area contributed by atoms with Gasteiger partial charge < -0.3 is 15.1 Å². The number of hydrogen-bond donors (Lipinski definition) is 1. The van der Waals surface area contributed by atoms with Crippen LogP contribution in [0.4, 0.5) is 6.01 Å². The zero-order valence-corrected chi connectivity index (χ0v) is 9.83. The molecule has 0 amide bonds. The molecule has 16 heavy (non-hydrogen) atoms. The lowest BCUT2D eigenvalue weighted by Crippen LogP contribution is -2.23. The van der Waals surface area contributed by atoms with E-state index < -0.39 is 0 Å². The van der Waals surface area contributed by atoms with E-state index in [1.54, 1.807) is 0 Å². The van der Waals surface area contributed by atoms with E-state index >= 15 is 0 Å². The Labute approximate surface area is 99.0 Å². The van der Waals surface area contributed by atoms with Crippen LogP contribution in [-0.4, -0.2) is 23.6 Å². The van der Waals surface area contributed by atoms with Gasteiger partial charge in [0.1, 0.15) is 5.52 Å². The third-order valence-corrected chi connectivity index (χ3v) is 2.51. The Kier molecular flexibility index (Phi) is 3.05. The SMILES string of the molecule is CN(CCC(N)=S)c1nc2ccccc2o1. The highest BCUT2D eigenvalue weighted by Crippen LogP contribution is 2.20. The molecule has 84 valence electrons. The van der Waals surface area contributed by atoms with Crippen LogP contribution < -0.4 is 10.6 Å². The Balaban J connectivity index is 2.16. The second-order valence-corrected chi connectivity index (χ2v) is 4.13. The summed E-state index contributed by atoms with van der Waals surface area (Å²) in [7, 11) is 1.91. The van der Waals surface area contributed by atoms with Crippen molar-refractivity contribution < 1.29 is 4.42 Å². The molecular weight excluding hydrogens is 222 g/mol. The molecule has 0 aliphatic carbocycles. The van der Waals surface area contributed by atoms with Crippen molar-refractivity contribution in [1.82, 2.24) is 4.98 Å². The normalized spacial score (nSPS) is 10.6. The maximum Gasteiger partial charge on any atom is 0.298 e. The fourth-order valence-electron chi connectivity index (χ4n) is 1.40. The lowest BCUT2D eigenvalue weighted by molar-refractivity contribution is 0.585. The highest BCUT2D eigenvalue weighted by molar-refractivity contribution is 7.80. The monoisotopic (exact) mass is 235 g/mol. The Morgan fingerprint density at radius 3 is 2.94 bits per heavy atom. The zero-order chi connectivity index (χ0) is 11.5. The van der Waals surface area contributed by atoms with Crippen LogP contribution in [0.25, 0.3) is 11.1 Å². The van der Waals surface area contributed by atoms with Crippen LogP contribution in [0, 0.1) is 0 Å². The third-order valence-electron chi connectivity index (χ3n) is 2.30. The standard InChI is InChI=1S/C11H13N3OS/c1-14(7-6-10(12)16)11-13-8-4-2-3-5-9(8)15-11/h2-5H,6-7H2,1H3,(H2,12,16). The predicted octanol–water partition coefficient (Wildman–Crippen LogP) is 1.94. The van der Waals surface area contributed by atoms with Crippen molar-refractivity contribution >= 4 is 34.3 Å². The summed E-state index contributed by atoms with van der Waals surface area (Å²) in [4.78, 5) is 6.77. The first-order chi connectivity index (χ1) is 7.66. The molecule has 0 saturated carbocycles. The Morgan fingerprint density at radius 2 is 2.25 bits per heavy atom. The minimum atomic E-state index is 0.503. The van der Waals surface area contributed by atoms with Gasteiger partial charge in [-0.3, -0.25) is 0 Å². The molecule has 0 radical (unpaired) electrons. The zero-order valence-electron chi connectivity index (χ0n) is 9.01. The molecule has 0 fully saturated rings. The number of rotatable bonds is 4. The number of thiocarbonyl (C=S) groups is 1. The summed E-state index contributed by atoms with van der Waals surface area (Å²) in [5.41, 5.74) is 7.10. The Hall–Kier alpha value is -1.62. The molecule has 1 heterocycles. The van der Waals surface area contributed by atoms with Crippen LogP contribution in [0.5, 0.6) is 0 Å². The molecule has 0 aliphatic heterocycles. The van der Waals surface area contributed by atoms with Crippen LogP contribution in [0.2, 0.25) is 0 Å². The van der Waals surface area contributed by atoms with Gasteiger partial charge in [-0.1, -0.05) is 24.4 Å². The van der Waals surface area contributed by atoms with Crippen molar-refractivity contribution in [1.29, 1.82) is 0 Å². The molecule has 1 aromatic carbocycles. The predicted molar refractivity (Wildman–Crippen MR) is 68.7 cm³/mol. The number of anilines is 1. The minimum Gasteiger partial charge on any atom is -0.423 e. The van der Waals surface area contributed by atoms with Gasteiger partial charge in [-0.15, -0.1) is 0 Å². The molecular formula is C11H13N3OS. The van der Waals surface area contributed by atoms with Crippen molar-refractivity contribution in [2.75, 3.05) is 18.5 Å². The van der Waals surface area contributed by atoms with E-state index in [0.717, 1.165) is 11.1 Å². The van der Waals surface area contributed by atoms with Gasteiger partial charge in [0.05, 0.1) is 4.99 Å². The number of benzene rings is 1. The highest BCUT2D eigenvalue weighted by atomic mass is 32.1. The van der Waals surface area contributed by atoms with Crippen LogP contribution in [-0.2, 0) is 0 Å². The van der Waals surface area contributed by atoms with Crippen molar-refractivity contribution in [3.8, 4) is 0 Å². The Morgan fingerprint density at radius 1 is 1.50 bits per heavy atom. The molecule has 2 N–H and O–H groups in total. The van der Waals surface area contributed by atoms with E-state index in [1.807, 2.05) is 36.2 Å². The van der Waals surface area contributed by atoms with Gasteiger partial charge in [0.2, 0.25) is 0 Å². The van der Waals surface area contributed by atoms with Gasteiger partial charge in [0.25, 0.3) is 6.01 Å². The van der Waals surface area contributed by atoms with E-state index in [-0.39, 0.29) is 0 Å². The van der Waals surface area contributed by atoms with E-state index in [1.165, 1.54) is 0 Å². The molecule has 0 spiro atoms. The Bertz CT molecular complexity index is 476. The van der Waals surface area contributed by atoms with E-state index in [2.05, 4.69) is 4.98 Å². The van der Waals surface area contributed by atoms with E-state index in [0.29, 0.717) is 24.0 Å². The smallest absolute Gasteiger partial charge is 0.298 e. The summed E-state index contributed by atoms with van der Waals surface area (Å²) < 4.78 is 5.59. The average Bonchev–Trinajstić information content (AvgIpc) is 2.69. The largest absolute Gasteiger partial charge is 0.423 e. The van der Waals surface area contributed by atoms with Crippen LogP contribution in [0.1, 0.15) is 6.42 Å². The average molecular weight is 235 g/mol. The first-order valence-electron chi connectivity index (χ1n) is 5.02. The molecule has 2 rings (SSSR count). The van der Waals surface area contributed by atoms with Crippen molar-refractivity contribution in [3.63, 3.8) is 0 Å². The lowest BCUT2D eigenvalue weighted by Gasteiger charge is -2.12. The van der Waals surface area contributed by atoms with Crippen LogP contribution >= 0.6 is 12.2 Å². The maximum absolute atomic E-state index is 5.59. The van der Waals surface area contributed by atoms with Crippen LogP contribution in [0.3, 0.4) is 0 Å². The third kappa shape index (κ3) is 2.30. The highest BCUT2D eigenvalue weighted by Gasteiger charge is 2.09. The van der Waals surface area contributed by atoms with Gasteiger partial charge in [0, 0.05) is 20.0 Å². The summed E-state index contributed by atoms with van der Waals surface area (Å²) in [6.45, 7) is 0.710. The summed E-state index contributed by atoms with van der Waals surface area (Å²) in [6, 6.07) is 8.27. The minimum absolute atomic E-state index is 0.503.